The van der Waals surface area contributed by atoms with Gasteiger partial charge in [-0.1, -0.05) is 18.5 Å². The minimum atomic E-state index is 0.375. The Labute approximate surface area is 109 Å². The molecular formula is C11H14BrClN2O. The van der Waals surface area contributed by atoms with E-state index in [4.69, 9.17) is 16.3 Å². The highest BCUT2D eigenvalue weighted by Crippen LogP contribution is 2.38. The Bertz CT molecular complexity index is 411. The van der Waals surface area contributed by atoms with E-state index in [1.807, 2.05) is 0 Å². The van der Waals surface area contributed by atoms with Crippen LogP contribution in [0.2, 0.25) is 5.02 Å². The van der Waals surface area contributed by atoms with Crippen molar-refractivity contribution in [1.82, 2.24) is 10.3 Å². The fraction of sp³-hybridized carbons (Fsp3) is 0.545. The lowest BCUT2D eigenvalue weighted by Gasteiger charge is -2.16. The molecule has 0 aromatic carbocycles. The van der Waals surface area contributed by atoms with Crippen LogP contribution in [-0.4, -0.2) is 25.2 Å². The molecule has 0 spiro atoms. The highest BCUT2D eigenvalue weighted by molar-refractivity contribution is 9.10. The number of ether oxygens (including phenoxy) is 1. The van der Waals surface area contributed by atoms with Crippen molar-refractivity contribution in [2.75, 3.05) is 20.2 Å². The predicted molar refractivity (Wildman–Crippen MR) is 68.5 cm³/mol. The van der Waals surface area contributed by atoms with E-state index in [-0.39, 0.29) is 0 Å². The molecule has 1 aromatic rings. The summed E-state index contributed by atoms with van der Waals surface area (Å²) >= 11 is 9.80. The van der Waals surface area contributed by atoms with Gasteiger partial charge in [0.2, 0.25) is 5.88 Å². The standard InChI is InChI=1S/C11H14BrClN2O/c1-6-5-14-4-3-7-8(6)10(13)9(12)11(15-7)16-2/h6,14H,3-5H2,1-2H3/t6-/m0/s1. The molecule has 1 atom stereocenters. The number of halogens is 2. The highest BCUT2D eigenvalue weighted by atomic mass is 79.9. The van der Waals surface area contributed by atoms with E-state index in [2.05, 4.69) is 33.2 Å². The Morgan fingerprint density at radius 1 is 1.56 bits per heavy atom. The summed E-state index contributed by atoms with van der Waals surface area (Å²) in [6, 6.07) is 0. The molecule has 0 aliphatic carbocycles. The van der Waals surface area contributed by atoms with Crippen LogP contribution >= 0.6 is 27.5 Å². The van der Waals surface area contributed by atoms with Crippen LogP contribution in [0.4, 0.5) is 0 Å². The van der Waals surface area contributed by atoms with Gasteiger partial charge in [0.15, 0.2) is 0 Å². The molecule has 0 bridgehead atoms. The van der Waals surface area contributed by atoms with Gasteiger partial charge in [0.05, 0.1) is 22.3 Å². The molecule has 1 aromatic heterocycles. The zero-order valence-corrected chi connectivity index (χ0v) is 11.7. The summed E-state index contributed by atoms with van der Waals surface area (Å²) < 4.78 is 5.96. The van der Waals surface area contributed by atoms with Gasteiger partial charge < -0.3 is 10.1 Å². The van der Waals surface area contributed by atoms with E-state index in [0.717, 1.165) is 40.3 Å². The van der Waals surface area contributed by atoms with Crippen molar-refractivity contribution in [3.05, 3.63) is 20.8 Å². The SMILES string of the molecule is COc1nc2c(c(Cl)c1Br)[C@@H](C)CNCC2. The molecule has 0 fully saturated rings. The van der Waals surface area contributed by atoms with Gasteiger partial charge in [0, 0.05) is 19.5 Å². The number of hydrogen-bond acceptors (Lipinski definition) is 3. The van der Waals surface area contributed by atoms with Gasteiger partial charge >= 0.3 is 0 Å². The van der Waals surface area contributed by atoms with Gasteiger partial charge in [0.1, 0.15) is 0 Å². The van der Waals surface area contributed by atoms with E-state index in [1.54, 1.807) is 7.11 Å². The molecule has 5 heteroatoms. The van der Waals surface area contributed by atoms with Crippen LogP contribution in [0.1, 0.15) is 24.1 Å². The summed E-state index contributed by atoms with van der Waals surface area (Å²) in [6.07, 6.45) is 0.892. The number of methoxy groups -OCH3 is 1. The molecule has 0 unspecified atom stereocenters. The summed E-state index contributed by atoms with van der Waals surface area (Å²) in [7, 11) is 1.61. The lowest BCUT2D eigenvalue weighted by molar-refractivity contribution is 0.393. The van der Waals surface area contributed by atoms with E-state index in [0.29, 0.717) is 11.8 Å². The van der Waals surface area contributed by atoms with Crippen LogP contribution in [0.5, 0.6) is 5.88 Å². The summed E-state index contributed by atoms with van der Waals surface area (Å²) in [5, 5.41) is 4.11. The Morgan fingerprint density at radius 2 is 2.31 bits per heavy atom. The van der Waals surface area contributed by atoms with Crippen molar-refractivity contribution < 1.29 is 4.74 Å². The first-order chi connectivity index (χ1) is 7.65. The van der Waals surface area contributed by atoms with E-state index in [9.17, 15) is 0 Å². The molecule has 0 amide bonds. The van der Waals surface area contributed by atoms with Crippen molar-refractivity contribution >= 4 is 27.5 Å². The van der Waals surface area contributed by atoms with Gasteiger partial charge in [-0.2, -0.15) is 0 Å². The first kappa shape index (κ1) is 12.1. The lowest BCUT2D eigenvalue weighted by atomic mass is 9.99. The van der Waals surface area contributed by atoms with Crippen LogP contribution in [0.25, 0.3) is 0 Å². The van der Waals surface area contributed by atoms with Gasteiger partial charge in [-0.3, -0.25) is 0 Å². The second-order valence-corrected chi connectivity index (χ2v) is 5.14. The number of hydrogen-bond donors (Lipinski definition) is 1. The molecular weight excluding hydrogens is 291 g/mol. The van der Waals surface area contributed by atoms with Gasteiger partial charge in [-0.15, -0.1) is 0 Å². The van der Waals surface area contributed by atoms with Gasteiger partial charge in [-0.25, -0.2) is 4.98 Å². The van der Waals surface area contributed by atoms with Crippen LogP contribution in [0.3, 0.4) is 0 Å². The van der Waals surface area contributed by atoms with Crippen molar-refractivity contribution in [3.8, 4) is 5.88 Å². The van der Waals surface area contributed by atoms with E-state index < -0.39 is 0 Å². The summed E-state index contributed by atoms with van der Waals surface area (Å²) in [4.78, 5) is 4.51. The minimum Gasteiger partial charge on any atom is -0.480 e. The molecule has 0 saturated heterocycles. The van der Waals surface area contributed by atoms with Crippen LogP contribution in [-0.2, 0) is 6.42 Å². The first-order valence-corrected chi connectivity index (χ1v) is 6.44. The maximum absolute atomic E-state index is 6.37. The first-order valence-electron chi connectivity index (χ1n) is 5.27. The molecule has 88 valence electrons. The monoisotopic (exact) mass is 304 g/mol. The maximum atomic E-state index is 6.37. The second-order valence-electron chi connectivity index (χ2n) is 3.96. The van der Waals surface area contributed by atoms with Crippen molar-refractivity contribution in [2.24, 2.45) is 0 Å². The number of rotatable bonds is 1. The number of nitrogens with one attached hydrogen (secondary N) is 1. The van der Waals surface area contributed by atoms with Gasteiger partial charge in [0.25, 0.3) is 0 Å². The smallest absolute Gasteiger partial charge is 0.229 e. The van der Waals surface area contributed by atoms with E-state index >= 15 is 0 Å². The largest absolute Gasteiger partial charge is 0.480 e. The average molecular weight is 306 g/mol. The zero-order valence-electron chi connectivity index (χ0n) is 9.31. The van der Waals surface area contributed by atoms with E-state index in [1.165, 1.54) is 0 Å². The van der Waals surface area contributed by atoms with Crippen LogP contribution < -0.4 is 10.1 Å². The van der Waals surface area contributed by atoms with Gasteiger partial charge in [-0.05, 0) is 27.4 Å². The Balaban J connectivity index is 2.59. The number of aromatic nitrogens is 1. The molecule has 0 saturated carbocycles. The van der Waals surface area contributed by atoms with Crippen molar-refractivity contribution in [3.63, 3.8) is 0 Å². The maximum Gasteiger partial charge on any atom is 0.229 e. The number of fused-ring (bicyclic) bond motifs is 1. The molecule has 3 nitrogen and oxygen atoms in total. The minimum absolute atomic E-state index is 0.375. The molecule has 0 radical (unpaired) electrons. The topological polar surface area (TPSA) is 34.1 Å². The summed E-state index contributed by atoms with van der Waals surface area (Å²) in [5.41, 5.74) is 2.18. The summed E-state index contributed by atoms with van der Waals surface area (Å²) in [6.45, 7) is 4.03. The fourth-order valence-corrected chi connectivity index (χ4v) is 2.86. The molecule has 1 aliphatic rings. The molecule has 2 heterocycles. The van der Waals surface area contributed by atoms with Crippen LogP contribution in [0, 0.1) is 0 Å². The third kappa shape index (κ3) is 2.06. The third-order valence-corrected chi connectivity index (χ3v) is 4.20. The Kier molecular flexibility index (Phi) is 3.72. The quantitative estimate of drug-likeness (QED) is 0.866. The molecule has 16 heavy (non-hydrogen) atoms. The lowest BCUT2D eigenvalue weighted by Crippen LogP contribution is -2.18. The molecule has 1 N–H and O–H groups in total. The van der Waals surface area contributed by atoms with Crippen molar-refractivity contribution in [2.45, 2.75) is 19.3 Å². The Hall–Kier alpha value is -0.320. The molecule has 2 rings (SSSR count). The Morgan fingerprint density at radius 3 is 3.00 bits per heavy atom. The highest BCUT2D eigenvalue weighted by Gasteiger charge is 2.23. The average Bonchev–Trinajstić information content (AvgIpc) is 2.45. The third-order valence-electron chi connectivity index (χ3n) is 2.84. The summed E-state index contributed by atoms with van der Waals surface area (Å²) in [5.74, 6) is 0.942. The van der Waals surface area contributed by atoms with Crippen LogP contribution in [0.15, 0.2) is 4.47 Å². The normalized spacial score (nSPS) is 20.1. The second kappa shape index (κ2) is 4.90. The number of pyridine rings is 1. The fourth-order valence-electron chi connectivity index (χ4n) is 2.02. The number of nitrogens with zero attached hydrogens (tertiary/aromatic N) is 1. The zero-order chi connectivity index (χ0) is 11.7. The van der Waals surface area contributed by atoms with Crippen molar-refractivity contribution in [1.29, 1.82) is 0 Å². The predicted octanol–water partition coefficient (Wildman–Crippen LogP) is 2.76. The molecule has 1 aliphatic heterocycles.